The largest absolute Gasteiger partial charge is 0.496 e. The molecule has 0 aromatic heterocycles. The highest BCUT2D eigenvalue weighted by Gasteiger charge is 2.12. The second kappa shape index (κ2) is 4.78. The molecular weight excluding hydrogens is 247 g/mol. The summed E-state index contributed by atoms with van der Waals surface area (Å²) in [6.07, 6.45) is 0.634. The zero-order chi connectivity index (χ0) is 10.7. The monoisotopic (exact) mass is 260 g/mol. The molecule has 0 aliphatic heterocycles. The first-order valence-electron chi connectivity index (χ1n) is 4.51. The highest BCUT2D eigenvalue weighted by atomic mass is 79.9. The quantitative estimate of drug-likeness (QED) is 0.757. The predicted molar refractivity (Wildman–Crippen MR) is 59.8 cm³/mol. The molecule has 78 valence electrons. The molecule has 0 amide bonds. The highest BCUT2D eigenvalue weighted by molar-refractivity contribution is 9.09. The molecule has 1 nitrogen and oxygen atoms in total. The Morgan fingerprint density at radius 3 is 2.64 bits per heavy atom. The summed E-state index contributed by atoms with van der Waals surface area (Å²) < 4.78 is 18.7. The van der Waals surface area contributed by atoms with Crippen molar-refractivity contribution < 1.29 is 9.13 Å². The van der Waals surface area contributed by atoms with Crippen LogP contribution in [-0.2, 0) is 6.42 Å². The zero-order valence-electron chi connectivity index (χ0n) is 8.60. The van der Waals surface area contributed by atoms with E-state index in [9.17, 15) is 4.39 Å². The molecule has 0 fully saturated rings. The predicted octanol–water partition coefficient (Wildman–Crippen LogP) is 3.47. The average molecular weight is 261 g/mol. The summed E-state index contributed by atoms with van der Waals surface area (Å²) >= 11 is 3.40. The number of aryl methyl sites for hydroxylation is 1. The molecule has 0 aliphatic carbocycles. The molecule has 1 rings (SSSR count). The molecule has 0 bridgehead atoms. The van der Waals surface area contributed by atoms with Gasteiger partial charge in [0.25, 0.3) is 0 Å². The fourth-order valence-electron chi connectivity index (χ4n) is 1.40. The SMILES string of the molecule is COc1cc(C)cc(F)c1CC(C)Br. The van der Waals surface area contributed by atoms with E-state index in [-0.39, 0.29) is 10.6 Å². The van der Waals surface area contributed by atoms with Crippen LogP contribution in [0.5, 0.6) is 5.75 Å². The summed E-state index contributed by atoms with van der Waals surface area (Å²) in [6.45, 7) is 3.84. The maximum Gasteiger partial charge on any atom is 0.130 e. The van der Waals surface area contributed by atoms with Gasteiger partial charge in [-0.05, 0) is 31.0 Å². The molecule has 0 saturated heterocycles. The van der Waals surface area contributed by atoms with Crippen molar-refractivity contribution in [1.82, 2.24) is 0 Å². The van der Waals surface area contributed by atoms with Gasteiger partial charge in [-0.1, -0.05) is 22.9 Å². The van der Waals surface area contributed by atoms with E-state index in [1.807, 2.05) is 19.9 Å². The van der Waals surface area contributed by atoms with Gasteiger partial charge < -0.3 is 4.74 Å². The molecule has 0 radical (unpaired) electrons. The molecule has 1 atom stereocenters. The van der Waals surface area contributed by atoms with E-state index in [0.717, 1.165) is 5.56 Å². The number of alkyl halides is 1. The van der Waals surface area contributed by atoms with Crippen molar-refractivity contribution in [2.45, 2.75) is 25.1 Å². The van der Waals surface area contributed by atoms with E-state index in [4.69, 9.17) is 4.74 Å². The zero-order valence-corrected chi connectivity index (χ0v) is 10.2. The van der Waals surface area contributed by atoms with Crippen molar-refractivity contribution in [3.05, 3.63) is 29.1 Å². The summed E-state index contributed by atoms with van der Waals surface area (Å²) in [6, 6.07) is 3.39. The Hall–Kier alpha value is -0.570. The van der Waals surface area contributed by atoms with Crippen LogP contribution in [-0.4, -0.2) is 11.9 Å². The lowest BCUT2D eigenvalue weighted by Gasteiger charge is -2.11. The Kier molecular flexibility index (Phi) is 3.93. The smallest absolute Gasteiger partial charge is 0.130 e. The van der Waals surface area contributed by atoms with Gasteiger partial charge in [-0.2, -0.15) is 0 Å². The van der Waals surface area contributed by atoms with E-state index >= 15 is 0 Å². The van der Waals surface area contributed by atoms with Crippen LogP contribution in [0.3, 0.4) is 0 Å². The van der Waals surface area contributed by atoms with Crippen LogP contribution in [0.2, 0.25) is 0 Å². The lowest BCUT2D eigenvalue weighted by molar-refractivity contribution is 0.404. The molecule has 1 unspecified atom stereocenters. The minimum Gasteiger partial charge on any atom is -0.496 e. The fourth-order valence-corrected chi connectivity index (χ4v) is 1.73. The third-order valence-corrected chi connectivity index (χ3v) is 2.33. The van der Waals surface area contributed by atoms with Crippen molar-refractivity contribution >= 4 is 15.9 Å². The Bertz CT molecular complexity index is 323. The van der Waals surface area contributed by atoms with Gasteiger partial charge in [0, 0.05) is 10.4 Å². The second-order valence-corrected chi connectivity index (χ2v) is 4.98. The first kappa shape index (κ1) is 11.5. The minimum atomic E-state index is -0.187. The van der Waals surface area contributed by atoms with Gasteiger partial charge in [0.05, 0.1) is 7.11 Å². The van der Waals surface area contributed by atoms with Crippen molar-refractivity contribution in [2.24, 2.45) is 0 Å². The summed E-state index contributed by atoms with van der Waals surface area (Å²) in [4.78, 5) is 0.244. The molecule has 0 spiro atoms. The maximum absolute atomic E-state index is 13.6. The number of benzene rings is 1. The van der Waals surface area contributed by atoms with Crippen LogP contribution in [0.4, 0.5) is 4.39 Å². The van der Waals surface area contributed by atoms with E-state index in [1.165, 1.54) is 6.07 Å². The fraction of sp³-hybridized carbons (Fsp3) is 0.455. The summed E-state index contributed by atoms with van der Waals surface area (Å²) in [5, 5.41) is 0. The first-order valence-corrected chi connectivity index (χ1v) is 5.43. The average Bonchev–Trinajstić information content (AvgIpc) is 2.08. The first-order chi connectivity index (χ1) is 6.54. The second-order valence-electron chi connectivity index (χ2n) is 3.41. The van der Waals surface area contributed by atoms with E-state index in [0.29, 0.717) is 17.7 Å². The van der Waals surface area contributed by atoms with E-state index in [2.05, 4.69) is 15.9 Å². The summed E-state index contributed by atoms with van der Waals surface area (Å²) in [5.74, 6) is 0.446. The van der Waals surface area contributed by atoms with Crippen molar-refractivity contribution in [2.75, 3.05) is 7.11 Å². The van der Waals surface area contributed by atoms with Crippen LogP contribution in [0, 0.1) is 12.7 Å². The van der Waals surface area contributed by atoms with Crippen molar-refractivity contribution in [1.29, 1.82) is 0 Å². The summed E-state index contributed by atoms with van der Waals surface area (Å²) in [5.41, 5.74) is 1.52. The third kappa shape index (κ3) is 2.71. The van der Waals surface area contributed by atoms with Crippen LogP contribution >= 0.6 is 15.9 Å². The van der Waals surface area contributed by atoms with Gasteiger partial charge in [-0.15, -0.1) is 0 Å². The lowest BCUT2D eigenvalue weighted by atomic mass is 10.1. The molecule has 0 saturated carbocycles. The van der Waals surface area contributed by atoms with Gasteiger partial charge >= 0.3 is 0 Å². The highest BCUT2D eigenvalue weighted by Crippen LogP contribution is 2.26. The molecule has 0 aliphatic rings. The van der Waals surface area contributed by atoms with Crippen molar-refractivity contribution in [3.63, 3.8) is 0 Å². The van der Waals surface area contributed by atoms with Crippen LogP contribution in [0.25, 0.3) is 0 Å². The number of hydrogen-bond donors (Lipinski definition) is 0. The molecular formula is C11H14BrFO. The van der Waals surface area contributed by atoms with Crippen LogP contribution in [0.15, 0.2) is 12.1 Å². The number of hydrogen-bond acceptors (Lipinski definition) is 1. The lowest BCUT2D eigenvalue weighted by Crippen LogP contribution is -2.03. The van der Waals surface area contributed by atoms with Crippen LogP contribution < -0.4 is 4.74 Å². The Balaban J connectivity index is 3.11. The van der Waals surface area contributed by atoms with Crippen molar-refractivity contribution in [3.8, 4) is 5.75 Å². The Labute approximate surface area is 92.4 Å². The van der Waals surface area contributed by atoms with Gasteiger partial charge in [0.1, 0.15) is 11.6 Å². The number of methoxy groups -OCH3 is 1. The molecule has 1 aromatic carbocycles. The standard InChI is InChI=1S/C11H14BrFO/c1-7-4-10(13)9(6-8(2)12)11(5-7)14-3/h4-5,8H,6H2,1-3H3. The number of halogens is 2. The number of ether oxygens (including phenoxy) is 1. The summed E-state index contributed by atoms with van der Waals surface area (Å²) in [7, 11) is 1.57. The van der Waals surface area contributed by atoms with Gasteiger partial charge in [0.15, 0.2) is 0 Å². The molecule has 1 aromatic rings. The Morgan fingerprint density at radius 1 is 1.50 bits per heavy atom. The molecule has 14 heavy (non-hydrogen) atoms. The molecule has 3 heteroatoms. The van der Waals surface area contributed by atoms with E-state index in [1.54, 1.807) is 7.11 Å². The normalized spacial score (nSPS) is 12.6. The van der Waals surface area contributed by atoms with Crippen LogP contribution in [0.1, 0.15) is 18.1 Å². The third-order valence-electron chi connectivity index (χ3n) is 2.00. The van der Waals surface area contributed by atoms with Gasteiger partial charge in [-0.25, -0.2) is 4.39 Å². The molecule has 0 N–H and O–H groups in total. The maximum atomic E-state index is 13.6. The topological polar surface area (TPSA) is 9.23 Å². The van der Waals surface area contributed by atoms with Gasteiger partial charge in [0.2, 0.25) is 0 Å². The Morgan fingerprint density at radius 2 is 2.14 bits per heavy atom. The molecule has 0 heterocycles. The van der Waals surface area contributed by atoms with E-state index < -0.39 is 0 Å². The minimum absolute atomic E-state index is 0.187. The van der Waals surface area contributed by atoms with Gasteiger partial charge in [-0.3, -0.25) is 0 Å². The number of rotatable bonds is 3.